The highest BCUT2D eigenvalue weighted by Crippen LogP contribution is 2.17. The zero-order valence-corrected chi connectivity index (χ0v) is 13.9. The molecule has 0 aliphatic carbocycles. The largest absolute Gasteiger partial charge is 0.308 e. The summed E-state index contributed by atoms with van der Waals surface area (Å²) in [7, 11) is 4.01. The molecule has 120 valence electrons. The Balaban J connectivity index is 2.23. The van der Waals surface area contributed by atoms with Gasteiger partial charge in [0.25, 0.3) is 5.91 Å². The summed E-state index contributed by atoms with van der Waals surface area (Å²) in [6.07, 6.45) is 3.55. The van der Waals surface area contributed by atoms with Gasteiger partial charge in [0.05, 0.1) is 5.69 Å². The van der Waals surface area contributed by atoms with Crippen LogP contribution in [-0.4, -0.2) is 43.0 Å². The summed E-state index contributed by atoms with van der Waals surface area (Å²) in [5.74, 6) is 0.00343. The lowest BCUT2D eigenvalue weighted by atomic mass is 10.2. The fourth-order valence-electron chi connectivity index (χ4n) is 2.21. The van der Waals surface area contributed by atoms with E-state index in [1.165, 1.54) is 0 Å². The van der Waals surface area contributed by atoms with Crippen molar-refractivity contribution < 1.29 is 4.79 Å². The molecule has 1 heterocycles. The number of aromatic nitrogens is 1. The van der Waals surface area contributed by atoms with Gasteiger partial charge in [0.1, 0.15) is 0 Å². The maximum atomic E-state index is 12.9. The standard InChI is InChI=1S/C19H23N3O/c1-16(15-17-9-7-8-12-20-17)19(23)22(14-13-21(2)3)18-10-5-4-6-11-18/h4-12,15H,13-14H2,1-3H3/b16-15+. The average Bonchev–Trinajstić information content (AvgIpc) is 2.56. The number of nitrogens with zero attached hydrogens (tertiary/aromatic N) is 3. The van der Waals surface area contributed by atoms with E-state index in [1.54, 1.807) is 6.20 Å². The van der Waals surface area contributed by atoms with Gasteiger partial charge in [-0.05, 0) is 51.4 Å². The van der Waals surface area contributed by atoms with E-state index < -0.39 is 0 Å². The van der Waals surface area contributed by atoms with Crippen molar-refractivity contribution in [1.82, 2.24) is 9.88 Å². The van der Waals surface area contributed by atoms with Crippen LogP contribution in [0.5, 0.6) is 0 Å². The molecule has 0 bridgehead atoms. The highest BCUT2D eigenvalue weighted by atomic mass is 16.2. The second-order valence-electron chi connectivity index (χ2n) is 5.68. The summed E-state index contributed by atoms with van der Waals surface area (Å²) in [5, 5.41) is 0. The molecule has 2 rings (SSSR count). The lowest BCUT2D eigenvalue weighted by Gasteiger charge is -2.25. The number of amides is 1. The molecule has 0 atom stereocenters. The monoisotopic (exact) mass is 309 g/mol. The topological polar surface area (TPSA) is 36.4 Å². The third-order valence-electron chi connectivity index (χ3n) is 3.47. The number of rotatable bonds is 6. The first-order valence-electron chi connectivity index (χ1n) is 7.69. The molecule has 1 amide bonds. The summed E-state index contributed by atoms with van der Waals surface area (Å²) in [5.41, 5.74) is 2.37. The van der Waals surface area contributed by atoms with Gasteiger partial charge in [-0.1, -0.05) is 24.3 Å². The summed E-state index contributed by atoms with van der Waals surface area (Å²) in [6, 6.07) is 15.4. The Labute approximate surface area is 138 Å². The summed E-state index contributed by atoms with van der Waals surface area (Å²) >= 11 is 0. The van der Waals surface area contributed by atoms with Crippen molar-refractivity contribution in [2.24, 2.45) is 0 Å². The molecule has 4 nitrogen and oxygen atoms in total. The van der Waals surface area contributed by atoms with Crippen molar-refractivity contribution in [3.8, 4) is 0 Å². The Morgan fingerprint density at radius 2 is 1.74 bits per heavy atom. The van der Waals surface area contributed by atoms with E-state index >= 15 is 0 Å². The molecule has 0 fully saturated rings. The second-order valence-corrected chi connectivity index (χ2v) is 5.68. The molecule has 0 aliphatic heterocycles. The maximum Gasteiger partial charge on any atom is 0.254 e. The molecule has 1 aromatic carbocycles. The van der Waals surface area contributed by atoms with Crippen LogP contribution in [0.15, 0.2) is 60.3 Å². The van der Waals surface area contributed by atoms with E-state index in [1.807, 2.05) is 80.5 Å². The number of benzene rings is 1. The number of hydrogen-bond acceptors (Lipinski definition) is 3. The van der Waals surface area contributed by atoms with Crippen LogP contribution in [0.4, 0.5) is 5.69 Å². The number of carbonyl (C=O) groups is 1. The molecule has 0 radical (unpaired) electrons. The van der Waals surface area contributed by atoms with Crippen molar-refractivity contribution >= 4 is 17.7 Å². The summed E-state index contributed by atoms with van der Waals surface area (Å²) < 4.78 is 0. The van der Waals surface area contributed by atoms with Crippen molar-refractivity contribution in [3.63, 3.8) is 0 Å². The quantitative estimate of drug-likeness (QED) is 0.769. The average molecular weight is 309 g/mol. The number of hydrogen-bond donors (Lipinski definition) is 0. The minimum Gasteiger partial charge on any atom is -0.308 e. The second kappa shape index (κ2) is 8.25. The Morgan fingerprint density at radius 1 is 1.04 bits per heavy atom. The van der Waals surface area contributed by atoms with E-state index in [9.17, 15) is 4.79 Å². The highest BCUT2D eigenvalue weighted by molar-refractivity contribution is 6.07. The Morgan fingerprint density at radius 3 is 2.35 bits per heavy atom. The van der Waals surface area contributed by atoms with Gasteiger partial charge in [-0.15, -0.1) is 0 Å². The molecular formula is C19H23N3O. The van der Waals surface area contributed by atoms with Crippen LogP contribution < -0.4 is 4.90 Å². The molecule has 1 aromatic heterocycles. The van der Waals surface area contributed by atoms with Gasteiger partial charge in [-0.25, -0.2) is 0 Å². The fraction of sp³-hybridized carbons (Fsp3) is 0.263. The number of anilines is 1. The van der Waals surface area contributed by atoms with Crippen LogP contribution in [0.2, 0.25) is 0 Å². The van der Waals surface area contributed by atoms with Crippen molar-refractivity contribution in [2.75, 3.05) is 32.1 Å². The van der Waals surface area contributed by atoms with Gasteiger partial charge in [0.15, 0.2) is 0 Å². The Bertz CT molecular complexity index is 651. The first-order valence-corrected chi connectivity index (χ1v) is 7.69. The fourth-order valence-corrected chi connectivity index (χ4v) is 2.21. The third-order valence-corrected chi connectivity index (χ3v) is 3.47. The van der Waals surface area contributed by atoms with Crippen LogP contribution in [0, 0.1) is 0 Å². The van der Waals surface area contributed by atoms with E-state index in [4.69, 9.17) is 0 Å². The number of pyridine rings is 1. The molecule has 0 aliphatic rings. The van der Waals surface area contributed by atoms with E-state index in [0.717, 1.165) is 17.9 Å². The Hall–Kier alpha value is -2.46. The predicted octanol–water partition coefficient (Wildman–Crippen LogP) is 3.08. The van der Waals surface area contributed by atoms with E-state index in [-0.39, 0.29) is 5.91 Å². The first kappa shape index (κ1) is 16.9. The van der Waals surface area contributed by atoms with Gasteiger partial charge >= 0.3 is 0 Å². The van der Waals surface area contributed by atoms with Crippen molar-refractivity contribution in [3.05, 3.63) is 66.0 Å². The van der Waals surface area contributed by atoms with E-state index in [2.05, 4.69) is 9.88 Å². The third kappa shape index (κ3) is 5.04. The van der Waals surface area contributed by atoms with Gasteiger partial charge in [0, 0.05) is 30.5 Å². The SMILES string of the molecule is C/C(=C\c1ccccn1)C(=O)N(CCN(C)C)c1ccccc1. The molecule has 23 heavy (non-hydrogen) atoms. The number of para-hydroxylation sites is 1. The molecule has 4 heteroatoms. The Kier molecular flexibility index (Phi) is 6.06. The first-order chi connectivity index (χ1) is 11.1. The number of carbonyl (C=O) groups excluding carboxylic acids is 1. The minimum atomic E-state index is 0.00343. The van der Waals surface area contributed by atoms with Crippen molar-refractivity contribution in [1.29, 1.82) is 0 Å². The van der Waals surface area contributed by atoms with Crippen LogP contribution >= 0.6 is 0 Å². The molecule has 2 aromatic rings. The summed E-state index contributed by atoms with van der Waals surface area (Å²) in [6.45, 7) is 3.28. The molecule has 0 unspecified atom stereocenters. The van der Waals surface area contributed by atoms with Crippen molar-refractivity contribution in [2.45, 2.75) is 6.92 Å². The smallest absolute Gasteiger partial charge is 0.254 e. The van der Waals surface area contributed by atoms with Crippen LogP contribution in [-0.2, 0) is 4.79 Å². The maximum absolute atomic E-state index is 12.9. The molecular weight excluding hydrogens is 286 g/mol. The van der Waals surface area contributed by atoms with Crippen LogP contribution in [0.25, 0.3) is 6.08 Å². The minimum absolute atomic E-state index is 0.00343. The predicted molar refractivity (Wildman–Crippen MR) is 95.2 cm³/mol. The van der Waals surface area contributed by atoms with Crippen LogP contribution in [0.1, 0.15) is 12.6 Å². The summed E-state index contributed by atoms with van der Waals surface area (Å²) in [4.78, 5) is 21.0. The lowest BCUT2D eigenvalue weighted by molar-refractivity contribution is -0.115. The number of likely N-dealkylation sites (N-methyl/N-ethyl adjacent to an activating group) is 1. The van der Waals surface area contributed by atoms with E-state index in [0.29, 0.717) is 12.1 Å². The molecule has 0 saturated carbocycles. The molecule has 0 saturated heterocycles. The highest BCUT2D eigenvalue weighted by Gasteiger charge is 2.17. The molecule has 0 spiro atoms. The van der Waals surface area contributed by atoms with Gasteiger partial charge in [0.2, 0.25) is 0 Å². The van der Waals surface area contributed by atoms with Gasteiger partial charge in [-0.2, -0.15) is 0 Å². The van der Waals surface area contributed by atoms with Crippen LogP contribution in [0.3, 0.4) is 0 Å². The molecule has 0 N–H and O–H groups in total. The van der Waals surface area contributed by atoms with Gasteiger partial charge < -0.3 is 9.80 Å². The zero-order chi connectivity index (χ0) is 16.7. The lowest BCUT2D eigenvalue weighted by Crippen LogP contribution is -2.37. The normalized spacial score (nSPS) is 11.6. The zero-order valence-electron chi connectivity index (χ0n) is 13.9. The van der Waals surface area contributed by atoms with Gasteiger partial charge in [-0.3, -0.25) is 9.78 Å².